The van der Waals surface area contributed by atoms with Crippen LogP contribution < -0.4 is 0 Å². The molecule has 0 aromatic carbocycles. The Balaban J connectivity index is 1.70. The monoisotopic (exact) mass is 403 g/mol. The first-order chi connectivity index (χ1) is 13.8. The highest BCUT2D eigenvalue weighted by molar-refractivity contribution is 5.92. The van der Waals surface area contributed by atoms with Crippen LogP contribution in [0.15, 0.2) is 36.9 Å². The highest BCUT2D eigenvalue weighted by atomic mass is 19.4. The van der Waals surface area contributed by atoms with Gasteiger partial charge in [-0.1, -0.05) is 6.42 Å². The van der Waals surface area contributed by atoms with Gasteiger partial charge in [0.1, 0.15) is 17.8 Å². The molecule has 0 aliphatic heterocycles. The number of hydrogen-bond acceptors (Lipinski definition) is 5. The predicted octanol–water partition coefficient (Wildman–Crippen LogP) is 3.91. The summed E-state index contributed by atoms with van der Waals surface area (Å²) in [6.07, 6.45) is 3.01. The summed E-state index contributed by atoms with van der Waals surface area (Å²) >= 11 is 0. The van der Waals surface area contributed by atoms with Gasteiger partial charge in [-0.2, -0.15) is 23.5 Å². The lowest BCUT2D eigenvalue weighted by Crippen LogP contribution is -2.47. The lowest BCUT2D eigenvalue weighted by atomic mass is 9.81. The average molecular weight is 403 g/mol. The number of H-pyrrole nitrogens is 1. The zero-order chi connectivity index (χ0) is 20.6. The van der Waals surface area contributed by atoms with Crippen molar-refractivity contribution in [3.63, 3.8) is 0 Å². The lowest BCUT2D eigenvalue weighted by Gasteiger charge is -2.38. The smallest absolute Gasteiger partial charge is 0.435 e. The minimum atomic E-state index is -5.17. The average Bonchev–Trinajstić information content (AvgIpc) is 3.36. The predicted molar refractivity (Wildman–Crippen MR) is 95.3 cm³/mol. The number of halogens is 3. The fourth-order valence-electron chi connectivity index (χ4n) is 3.83. The number of nitriles is 1. The Morgan fingerprint density at radius 1 is 1.38 bits per heavy atom. The quantitative estimate of drug-likeness (QED) is 0.669. The molecule has 10 heteroatoms. The number of esters is 1. The van der Waals surface area contributed by atoms with Crippen LogP contribution in [0.3, 0.4) is 0 Å². The summed E-state index contributed by atoms with van der Waals surface area (Å²) in [6.45, 7) is 0. The summed E-state index contributed by atoms with van der Waals surface area (Å²) in [5.74, 6) is -2.36. The number of aromatic amines is 1. The summed E-state index contributed by atoms with van der Waals surface area (Å²) in [7, 11) is 0. The second-order valence-corrected chi connectivity index (χ2v) is 6.96. The van der Waals surface area contributed by atoms with E-state index in [1.807, 2.05) is 12.1 Å². The van der Waals surface area contributed by atoms with Crippen LogP contribution >= 0.6 is 0 Å². The normalized spacial score (nSPS) is 22.3. The van der Waals surface area contributed by atoms with E-state index in [9.17, 15) is 23.2 Å². The fourth-order valence-corrected chi connectivity index (χ4v) is 3.83. The molecule has 0 spiro atoms. The van der Waals surface area contributed by atoms with Gasteiger partial charge in [0, 0.05) is 36.0 Å². The molecule has 0 saturated heterocycles. The third-order valence-electron chi connectivity index (χ3n) is 5.20. The molecule has 0 radical (unpaired) electrons. The van der Waals surface area contributed by atoms with Crippen LogP contribution in [0, 0.1) is 11.3 Å². The molecule has 7 nitrogen and oxygen atoms in total. The number of aromatic nitrogens is 4. The van der Waals surface area contributed by atoms with Gasteiger partial charge in [0.05, 0.1) is 6.20 Å². The van der Waals surface area contributed by atoms with Gasteiger partial charge >= 0.3 is 12.1 Å². The van der Waals surface area contributed by atoms with Crippen molar-refractivity contribution in [2.24, 2.45) is 0 Å². The van der Waals surface area contributed by atoms with Crippen molar-refractivity contribution in [2.45, 2.75) is 43.5 Å². The molecule has 1 saturated carbocycles. The van der Waals surface area contributed by atoms with Crippen molar-refractivity contribution in [1.29, 1.82) is 5.26 Å². The summed E-state index contributed by atoms with van der Waals surface area (Å²) < 4.78 is 44.5. The summed E-state index contributed by atoms with van der Waals surface area (Å²) in [6, 6.07) is 4.68. The standard InChI is InChI=1S/C19H16F3N5O2/c20-19(21,22)17(28)29-18(11-23)6-2-1-3-15(18)27-10-12(9-26-27)13-4-7-24-16-14(13)5-8-25-16/h4-5,7-10,15H,1-3,6H2,(H,24,25). The SMILES string of the molecule is N#CC1(OC(=O)C(F)(F)F)CCCCC1n1cc(-c2ccnc3[nH]ccc23)cn1. The maximum Gasteiger partial charge on any atom is 0.490 e. The van der Waals surface area contributed by atoms with E-state index >= 15 is 0 Å². The number of carbonyl (C=O) groups is 1. The Hall–Kier alpha value is -3.35. The van der Waals surface area contributed by atoms with E-state index < -0.39 is 23.8 Å². The van der Waals surface area contributed by atoms with Gasteiger partial charge in [-0.15, -0.1) is 0 Å². The first-order valence-electron chi connectivity index (χ1n) is 9.02. The summed E-state index contributed by atoms with van der Waals surface area (Å²) in [5.41, 5.74) is 0.332. The molecule has 0 amide bonds. The number of carbonyl (C=O) groups excluding carboxylic acids is 1. The van der Waals surface area contributed by atoms with Gasteiger partial charge in [-0.25, -0.2) is 9.78 Å². The van der Waals surface area contributed by atoms with E-state index in [0.29, 0.717) is 24.9 Å². The Kier molecular flexibility index (Phi) is 4.53. The van der Waals surface area contributed by atoms with Gasteiger partial charge in [-0.05, 0) is 30.5 Å². The number of rotatable bonds is 3. The molecular formula is C19H16F3N5O2. The number of nitrogens with one attached hydrogen (secondary N) is 1. The van der Waals surface area contributed by atoms with E-state index in [1.165, 1.54) is 4.68 Å². The zero-order valence-corrected chi connectivity index (χ0v) is 15.1. The van der Waals surface area contributed by atoms with E-state index in [2.05, 4.69) is 15.1 Å². The van der Waals surface area contributed by atoms with Crippen molar-refractivity contribution in [3.05, 3.63) is 36.9 Å². The van der Waals surface area contributed by atoms with Crippen LogP contribution in [-0.2, 0) is 9.53 Å². The maximum atomic E-state index is 12.8. The molecule has 3 heterocycles. The second-order valence-electron chi connectivity index (χ2n) is 6.96. The van der Waals surface area contributed by atoms with Crippen LogP contribution in [0.2, 0.25) is 0 Å². The molecule has 1 aliphatic rings. The number of hydrogen-bond donors (Lipinski definition) is 1. The molecule has 150 valence electrons. The molecule has 29 heavy (non-hydrogen) atoms. The molecule has 0 bridgehead atoms. The van der Waals surface area contributed by atoms with Crippen molar-refractivity contribution in [2.75, 3.05) is 0 Å². The number of nitrogens with zero attached hydrogens (tertiary/aromatic N) is 4. The number of fused-ring (bicyclic) bond motifs is 1. The Labute approximate surface area is 163 Å². The minimum absolute atomic E-state index is 0.0164. The first kappa shape index (κ1) is 19.0. The fraction of sp³-hybridized carbons (Fsp3) is 0.368. The summed E-state index contributed by atoms with van der Waals surface area (Å²) in [4.78, 5) is 18.7. The van der Waals surface area contributed by atoms with Crippen molar-refractivity contribution < 1.29 is 22.7 Å². The first-order valence-corrected chi connectivity index (χ1v) is 9.02. The molecule has 1 fully saturated rings. The molecule has 4 rings (SSSR count). The number of alkyl halides is 3. The Morgan fingerprint density at radius 3 is 2.97 bits per heavy atom. The molecule has 1 N–H and O–H groups in total. The molecule has 2 unspecified atom stereocenters. The highest BCUT2D eigenvalue weighted by Crippen LogP contribution is 2.41. The van der Waals surface area contributed by atoms with Crippen LogP contribution in [0.25, 0.3) is 22.2 Å². The molecule has 2 atom stereocenters. The van der Waals surface area contributed by atoms with E-state index in [0.717, 1.165) is 16.5 Å². The van der Waals surface area contributed by atoms with E-state index in [4.69, 9.17) is 4.74 Å². The minimum Gasteiger partial charge on any atom is -0.435 e. The Bertz CT molecular complexity index is 1100. The van der Waals surface area contributed by atoms with Gasteiger partial charge < -0.3 is 9.72 Å². The van der Waals surface area contributed by atoms with Crippen LogP contribution in [0.1, 0.15) is 31.7 Å². The molecule has 1 aliphatic carbocycles. The van der Waals surface area contributed by atoms with Crippen LogP contribution in [0.4, 0.5) is 13.2 Å². The highest BCUT2D eigenvalue weighted by Gasteiger charge is 2.52. The van der Waals surface area contributed by atoms with E-state index in [-0.39, 0.29) is 6.42 Å². The van der Waals surface area contributed by atoms with Gasteiger partial charge in [0.15, 0.2) is 0 Å². The van der Waals surface area contributed by atoms with Crippen molar-refractivity contribution in [3.8, 4) is 17.2 Å². The second kappa shape index (κ2) is 6.92. The maximum absolute atomic E-state index is 12.8. The van der Waals surface area contributed by atoms with Crippen molar-refractivity contribution in [1.82, 2.24) is 19.7 Å². The molecule has 3 aromatic heterocycles. The number of pyridine rings is 1. The Morgan fingerprint density at radius 2 is 2.21 bits per heavy atom. The lowest BCUT2D eigenvalue weighted by molar-refractivity contribution is -0.215. The largest absolute Gasteiger partial charge is 0.490 e. The van der Waals surface area contributed by atoms with Gasteiger partial charge in [0.2, 0.25) is 5.60 Å². The number of ether oxygens (including phenoxy) is 1. The topological polar surface area (TPSA) is 96.6 Å². The molecular weight excluding hydrogens is 387 g/mol. The van der Waals surface area contributed by atoms with Crippen LogP contribution in [0.5, 0.6) is 0 Å². The zero-order valence-electron chi connectivity index (χ0n) is 15.1. The third-order valence-corrected chi connectivity index (χ3v) is 5.20. The van der Waals surface area contributed by atoms with Gasteiger partial charge in [0.25, 0.3) is 0 Å². The third kappa shape index (κ3) is 3.33. The van der Waals surface area contributed by atoms with Crippen LogP contribution in [-0.4, -0.2) is 37.5 Å². The van der Waals surface area contributed by atoms with E-state index in [1.54, 1.807) is 30.9 Å². The summed E-state index contributed by atoms with van der Waals surface area (Å²) in [5, 5.41) is 14.8. The molecule has 3 aromatic rings. The van der Waals surface area contributed by atoms with Gasteiger partial charge in [-0.3, -0.25) is 4.68 Å². The van der Waals surface area contributed by atoms with Crippen molar-refractivity contribution >= 4 is 17.0 Å².